The average Bonchev–Trinajstić information content (AvgIpc) is 2.45. The van der Waals surface area contributed by atoms with E-state index < -0.39 is 11.9 Å². The first-order chi connectivity index (χ1) is 9.86. The van der Waals surface area contributed by atoms with Crippen molar-refractivity contribution in [1.82, 2.24) is 5.32 Å². The molecule has 116 valence electrons. The summed E-state index contributed by atoms with van der Waals surface area (Å²) < 4.78 is 0.989. The zero-order chi connectivity index (χ0) is 16.0. The number of carbonyl (C=O) groups is 2. The highest BCUT2D eigenvalue weighted by Gasteiger charge is 2.24. The van der Waals surface area contributed by atoms with Gasteiger partial charge in [0.05, 0.1) is 5.92 Å². The van der Waals surface area contributed by atoms with Gasteiger partial charge in [-0.1, -0.05) is 41.1 Å². The van der Waals surface area contributed by atoms with Gasteiger partial charge in [0.25, 0.3) is 0 Å². The van der Waals surface area contributed by atoms with Crippen LogP contribution in [-0.4, -0.2) is 23.0 Å². The van der Waals surface area contributed by atoms with Crippen molar-refractivity contribution in [2.24, 2.45) is 11.8 Å². The second-order valence-electron chi connectivity index (χ2n) is 5.32. The number of hydrogen-bond acceptors (Lipinski definition) is 2. The highest BCUT2D eigenvalue weighted by atomic mass is 79.9. The van der Waals surface area contributed by atoms with Crippen LogP contribution in [0.5, 0.6) is 0 Å². The van der Waals surface area contributed by atoms with E-state index in [1.807, 2.05) is 31.2 Å². The molecule has 2 N–H and O–H groups in total. The quantitative estimate of drug-likeness (QED) is 0.788. The van der Waals surface area contributed by atoms with Gasteiger partial charge in [-0.3, -0.25) is 9.59 Å². The lowest BCUT2D eigenvalue weighted by molar-refractivity contribution is -0.142. The summed E-state index contributed by atoms with van der Waals surface area (Å²) >= 11 is 3.49. The molecule has 3 unspecified atom stereocenters. The molecule has 0 saturated carbocycles. The van der Waals surface area contributed by atoms with Crippen molar-refractivity contribution in [3.05, 3.63) is 34.3 Å². The summed E-state index contributed by atoms with van der Waals surface area (Å²) in [5.74, 6) is -1.75. The summed E-state index contributed by atoms with van der Waals surface area (Å²) in [7, 11) is 0. The van der Waals surface area contributed by atoms with Gasteiger partial charge in [-0.2, -0.15) is 0 Å². The van der Waals surface area contributed by atoms with Crippen molar-refractivity contribution in [3.63, 3.8) is 0 Å². The molecule has 1 amide bonds. The zero-order valence-corrected chi connectivity index (χ0v) is 14.2. The van der Waals surface area contributed by atoms with Crippen molar-refractivity contribution in [1.29, 1.82) is 0 Å². The van der Waals surface area contributed by atoms with Crippen LogP contribution in [-0.2, 0) is 16.0 Å². The summed E-state index contributed by atoms with van der Waals surface area (Å²) in [4.78, 5) is 23.2. The molecule has 1 aromatic carbocycles. The molecule has 3 atom stereocenters. The fourth-order valence-electron chi connectivity index (χ4n) is 2.03. The number of halogens is 1. The van der Waals surface area contributed by atoms with Crippen molar-refractivity contribution in [2.75, 3.05) is 0 Å². The Morgan fingerprint density at radius 2 is 1.90 bits per heavy atom. The number of carboxylic acid groups (broad SMARTS) is 1. The van der Waals surface area contributed by atoms with E-state index >= 15 is 0 Å². The van der Waals surface area contributed by atoms with Crippen molar-refractivity contribution >= 4 is 27.8 Å². The number of rotatable bonds is 7. The fraction of sp³-hybridized carbons (Fsp3) is 0.500. The highest BCUT2D eigenvalue weighted by Crippen LogP contribution is 2.21. The maximum atomic E-state index is 12.3. The van der Waals surface area contributed by atoms with Crippen molar-refractivity contribution in [3.8, 4) is 0 Å². The summed E-state index contributed by atoms with van der Waals surface area (Å²) in [6, 6.07) is 7.44. The van der Waals surface area contributed by atoms with Gasteiger partial charge in [-0.05, 0) is 38.3 Å². The van der Waals surface area contributed by atoms with Crippen LogP contribution in [0.25, 0.3) is 0 Å². The van der Waals surface area contributed by atoms with Gasteiger partial charge in [0, 0.05) is 16.4 Å². The maximum absolute atomic E-state index is 12.3. The third-order valence-corrected chi connectivity index (χ3v) is 4.57. The van der Waals surface area contributed by atoms with Gasteiger partial charge in [-0.15, -0.1) is 0 Å². The minimum atomic E-state index is -0.901. The fourth-order valence-corrected chi connectivity index (χ4v) is 2.48. The molecule has 0 spiro atoms. The molecule has 0 saturated heterocycles. The van der Waals surface area contributed by atoms with Crippen LogP contribution in [0.3, 0.4) is 0 Å². The van der Waals surface area contributed by atoms with E-state index in [9.17, 15) is 9.59 Å². The number of amides is 1. The largest absolute Gasteiger partial charge is 0.481 e. The number of nitrogens with one attached hydrogen (secondary N) is 1. The Bertz CT molecular complexity index is 504. The third-order valence-electron chi connectivity index (χ3n) is 3.80. The number of carboxylic acids is 1. The van der Waals surface area contributed by atoms with Gasteiger partial charge in [0.15, 0.2) is 0 Å². The Kier molecular flexibility index (Phi) is 6.89. The monoisotopic (exact) mass is 355 g/mol. The van der Waals surface area contributed by atoms with Crippen molar-refractivity contribution < 1.29 is 14.7 Å². The van der Waals surface area contributed by atoms with Crippen LogP contribution in [0.4, 0.5) is 0 Å². The van der Waals surface area contributed by atoms with E-state index in [0.29, 0.717) is 12.8 Å². The average molecular weight is 356 g/mol. The number of hydrogen-bond donors (Lipinski definition) is 2. The maximum Gasteiger partial charge on any atom is 0.308 e. The van der Waals surface area contributed by atoms with E-state index in [0.717, 1.165) is 10.0 Å². The molecule has 0 aliphatic rings. The molecule has 0 heterocycles. The first-order valence-electron chi connectivity index (χ1n) is 7.13. The molecule has 5 heteroatoms. The summed E-state index contributed by atoms with van der Waals surface area (Å²) in [5, 5.41) is 11.8. The Morgan fingerprint density at radius 1 is 1.29 bits per heavy atom. The minimum absolute atomic E-state index is 0.0890. The number of carbonyl (C=O) groups excluding carboxylic acids is 1. The standard InChI is InChI=1S/C16H22BrNO3/c1-4-12(9-13-7-5-6-8-14(13)17)15(19)18-11(3)10(2)16(20)21/h5-8,10-12H,4,9H2,1-3H3,(H,18,19)(H,20,21). The molecule has 1 aromatic rings. The van der Waals surface area contributed by atoms with Crippen LogP contribution in [0, 0.1) is 11.8 Å². The molecule has 0 aliphatic heterocycles. The van der Waals surface area contributed by atoms with E-state index in [1.54, 1.807) is 13.8 Å². The predicted molar refractivity (Wildman–Crippen MR) is 86.0 cm³/mol. The second-order valence-corrected chi connectivity index (χ2v) is 6.18. The van der Waals surface area contributed by atoms with Gasteiger partial charge in [0.1, 0.15) is 0 Å². The van der Waals surface area contributed by atoms with Crippen LogP contribution in [0.1, 0.15) is 32.8 Å². The lowest BCUT2D eigenvalue weighted by atomic mass is 9.95. The topological polar surface area (TPSA) is 66.4 Å². The summed E-state index contributed by atoms with van der Waals surface area (Å²) in [6.07, 6.45) is 1.35. The zero-order valence-electron chi connectivity index (χ0n) is 12.6. The van der Waals surface area contributed by atoms with E-state index in [1.165, 1.54) is 0 Å². The van der Waals surface area contributed by atoms with Crippen LogP contribution >= 0.6 is 15.9 Å². The minimum Gasteiger partial charge on any atom is -0.481 e. The molecule has 1 rings (SSSR count). The van der Waals surface area contributed by atoms with Crippen LogP contribution < -0.4 is 5.32 Å². The number of benzene rings is 1. The second kappa shape index (κ2) is 8.17. The SMILES string of the molecule is CCC(Cc1ccccc1Br)C(=O)NC(C)C(C)C(=O)O. The van der Waals surface area contributed by atoms with E-state index in [4.69, 9.17) is 5.11 Å². The van der Waals surface area contributed by atoms with Crippen LogP contribution in [0.2, 0.25) is 0 Å². The first-order valence-corrected chi connectivity index (χ1v) is 7.92. The number of aliphatic carboxylic acids is 1. The van der Waals surface area contributed by atoms with Gasteiger partial charge in [-0.25, -0.2) is 0 Å². The third kappa shape index (κ3) is 5.16. The molecule has 0 fully saturated rings. The molecule has 21 heavy (non-hydrogen) atoms. The Hall–Kier alpha value is -1.36. The van der Waals surface area contributed by atoms with E-state index in [2.05, 4.69) is 21.2 Å². The molecule has 0 radical (unpaired) electrons. The van der Waals surface area contributed by atoms with Gasteiger partial charge < -0.3 is 10.4 Å². The van der Waals surface area contributed by atoms with Crippen LogP contribution in [0.15, 0.2) is 28.7 Å². The normalized spacial score (nSPS) is 15.0. The Balaban J connectivity index is 2.70. The molecule has 4 nitrogen and oxygen atoms in total. The van der Waals surface area contributed by atoms with Crippen molar-refractivity contribution in [2.45, 2.75) is 39.7 Å². The lowest BCUT2D eigenvalue weighted by Crippen LogP contribution is -2.43. The molecule has 0 aromatic heterocycles. The van der Waals surface area contributed by atoms with Gasteiger partial charge in [0.2, 0.25) is 5.91 Å². The molecule has 0 bridgehead atoms. The van der Waals surface area contributed by atoms with Gasteiger partial charge >= 0.3 is 5.97 Å². The Morgan fingerprint density at radius 3 is 2.43 bits per heavy atom. The first kappa shape index (κ1) is 17.7. The van der Waals surface area contributed by atoms with E-state index in [-0.39, 0.29) is 17.9 Å². The molecular formula is C16H22BrNO3. The predicted octanol–water partition coefficient (Wildman–Crippen LogP) is 3.24. The lowest BCUT2D eigenvalue weighted by Gasteiger charge is -2.22. The molecular weight excluding hydrogens is 334 g/mol. The molecule has 0 aliphatic carbocycles. The smallest absolute Gasteiger partial charge is 0.308 e. The highest BCUT2D eigenvalue weighted by molar-refractivity contribution is 9.10. The summed E-state index contributed by atoms with van der Waals surface area (Å²) in [6.45, 7) is 5.29. The summed E-state index contributed by atoms with van der Waals surface area (Å²) in [5.41, 5.74) is 1.08. The Labute approximate surface area is 134 Å².